The lowest BCUT2D eigenvalue weighted by atomic mass is 10.1. The number of nitrogens with one attached hydrogen (secondary N) is 1. The van der Waals surface area contributed by atoms with Crippen LogP contribution in [0.1, 0.15) is 5.56 Å². The first kappa shape index (κ1) is 18.8. The number of methoxy groups -OCH3 is 1. The van der Waals surface area contributed by atoms with Gasteiger partial charge in [0, 0.05) is 37.2 Å². The SMILES string of the molecule is COCCN1C(=O)[C@@]2(SCCN2C(=O)Nc2cccc(F)c2)c2ccccc21. The van der Waals surface area contributed by atoms with Crippen LogP contribution in [0.4, 0.5) is 20.6 Å². The molecule has 0 aliphatic carbocycles. The van der Waals surface area contributed by atoms with Crippen molar-refractivity contribution in [2.75, 3.05) is 42.8 Å². The molecule has 0 unspecified atom stereocenters. The summed E-state index contributed by atoms with van der Waals surface area (Å²) in [5, 5.41) is 2.72. The number of thioether (sulfide) groups is 1. The van der Waals surface area contributed by atoms with Gasteiger partial charge in [0.25, 0.3) is 5.91 Å². The summed E-state index contributed by atoms with van der Waals surface area (Å²) in [5.41, 5.74) is 1.95. The first-order valence-corrected chi connectivity index (χ1v) is 9.95. The van der Waals surface area contributed by atoms with Crippen LogP contribution in [0, 0.1) is 5.82 Å². The van der Waals surface area contributed by atoms with Gasteiger partial charge in [0.1, 0.15) is 5.82 Å². The molecular formula is C20H20FN3O3S. The number of para-hydroxylation sites is 1. The standard InChI is InChI=1S/C20H20FN3O3S/c1-27-11-9-23-17-8-3-2-7-16(17)20(18(23)25)24(10-12-28-20)19(26)22-15-6-4-5-14(21)13-15/h2-8,13H,9-12H2,1H3,(H,22,26)/t20-/m0/s1. The molecule has 0 radical (unpaired) electrons. The number of urea groups is 1. The largest absolute Gasteiger partial charge is 0.383 e. The van der Waals surface area contributed by atoms with Crippen molar-refractivity contribution in [3.8, 4) is 0 Å². The molecule has 1 spiro atoms. The average Bonchev–Trinajstić information content (AvgIpc) is 3.23. The number of amides is 3. The number of benzene rings is 2. The van der Waals surface area contributed by atoms with E-state index in [1.54, 1.807) is 23.0 Å². The van der Waals surface area contributed by atoms with Crippen molar-refractivity contribution in [3.63, 3.8) is 0 Å². The number of halogens is 1. The van der Waals surface area contributed by atoms with E-state index in [1.165, 1.54) is 30.0 Å². The lowest BCUT2D eigenvalue weighted by Gasteiger charge is -2.33. The second kappa shape index (κ2) is 7.44. The number of nitrogens with zero attached hydrogens (tertiary/aromatic N) is 2. The Kier molecular flexibility index (Phi) is 4.99. The van der Waals surface area contributed by atoms with Gasteiger partial charge in [-0.2, -0.15) is 0 Å². The minimum absolute atomic E-state index is 0.150. The Balaban J connectivity index is 1.69. The number of rotatable bonds is 4. The Morgan fingerprint density at radius 2 is 2.11 bits per heavy atom. The fourth-order valence-corrected chi connectivity index (χ4v) is 5.19. The maximum absolute atomic E-state index is 13.5. The molecule has 1 saturated heterocycles. The maximum Gasteiger partial charge on any atom is 0.323 e. The van der Waals surface area contributed by atoms with Crippen LogP contribution in [-0.4, -0.2) is 49.4 Å². The van der Waals surface area contributed by atoms with Crippen LogP contribution in [0.2, 0.25) is 0 Å². The quantitative estimate of drug-likeness (QED) is 0.854. The molecule has 3 amide bonds. The maximum atomic E-state index is 13.5. The number of hydrogen-bond donors (Lipinski definition) is 1. The average molecular weight is 401 g/mol. The summed E-state index contributed by atoms with van der Waals surface area (Å²) in [6, 6.07) is 12.8. The molecule has 28 heavy (non-hydrogen) atoms. The molecule has 6 nitrogen and oxygen atoms in total. The molecule has 2 aliphatic heterocycles. The highest BCUT2D eigenvalue weighted by Gasteiger charge is 2.59. The Morgan fingerprint density at radius 3 is 2.89 bits per heavy atom. The Hall–Kier alpha value is -2.58. The lowest BCUT2D eigenvalue weighted by molar-refractivity contribution is -0.123. The molecule has 2 heterocycles. The minimum atomic E-state index is -1.11. The molecule has 4 rings (SSSR count). The van der Waals surface area contributed by atoms with Crippen LogP contribution >= 0.6 is 11.8 Å². The summed E-state index contributed by atoms with van der Waals surface area (Å²) in [6.07, 6.45) is 0. The van der Waals surface area contributed by atoms with Crippen LogP contribution in [0.25, 0.3) is 0 Å². The third kappa shape index (κ3) is 2.93. The first-order chi connectivity index (χ1) is 13.6. The van der Waals surface area contributed by atoms with Crippen molar-refractivity contribution in [2.45, 2.75) is 4.87 Å². The molecule has 0 aromatic heterocycles. The fraction of sp³-hybridized carbons (Fsp3) is 0.300. The zero-order valence-electron chi connectivity index (χ0n) is 15.4. The van der Waals surface area contributed by atoms with Gasteiger partial charge in [-0.15, -0.1) is 11.8 Å². The van der Waals surface area contributed by atoms with Gasteiger partial charge in [-0.25, -0.2) is 9.18 Å². The summed E-state index contributed by atoms with van der Waals surface area (Å²) in [7, 11) is 1.59. The predicted octanol–water partition coefficient (Wildman–Crippen LogP) is 3.25. The molecule has 1 atom stereocenters. The molecule has 0 saturated carbocycles. The molecule has 1 fully saturated rings. The van der Waals surface area contributed by atoms with Crippen molar-refractivity contribution in [2.24, 2.45) is 0 Å². The Morgan fingerprint density at radius 1 is 1.29 bits per heavy atom. The van der Waals surface area contributed by atoms with Crippen molar-refractivity contribution in [3.05, 3.63) is 59.9 Å². The number of carbonyl (C=O) groups excluding carboxylic acids is 2. The smallest absolute Gasteiger partial charge is 0.323 e. The van der Waals surface area contributed by atoms with Crippen LogP contribution in [0.5, 0.6) is 0 Å². The third-order valence-corrected chi connectivity index (χ3v) is 6.36. The number of ether oxygens (including phenoxy) is 1. The first-order valence-electron chi connectivity index (χ1n) is 8.96. The summed E-state index contributed by atoms with van der Waals surface area (Å²) in [4.78, 5) is 28.7. The van der Waals surface area contributed by atoms with E-state index in [4.69, 9.17) is 4.74 Å². The van der Waals surface area contributed by atoms with Gasteiger partial charge in [-0.1, -0.05) is 24.3 Å². The third-order valence-electron chi connectivity index (χ3n) is 4.94. The summed E-state index contributed by atoms with van der Waals surface area (Å²) >= 11 is 1.45. The van der Waals surface area contributed by atoms with Crippen LogP contribution in [-0.2, 0) is 14.4 Å². The number of fused-ring (bicyclic) bond motifs is 2. The zero-order chi connectivity index (χ0) is 19.7. The highest BCUT2D eigenvalue weighted by Crippen LogP contribution is 2.54. The van der Waals surface area contributed by atoms with Gasteiger partial charge in [-0.05, 0) is 24.3 Å². The van der Waals surface area contributed by atoms with Crippen LogP contribution in [0.3, 0.4) is 0 Å². The van der Waals surface area contributed by atoms with Crippen molar-refractivity contribution in [1.29, 1.82) is 0 Å². The van der Waals surface area contributed by atoms with Gasteiger partial charge in [0.2, 0.25) is 0 Å². The number of anilines is 2. The molecule has 0 bridgehead atoms. The highest BCUT2D eigenvalue weighted by molar-refractivity contribution is 8.01. The number of hydrogen-bond acceptors (Lipinski definition) is 4. The van der Waals surface area contributed by atoms with E-state index in [0.29, 0.717) is 31.1 Å². The predicted molar refractivity (Wildman–Crippen MR) is 107 cm³/mol. The van der Waals surface area contributed by atoms with Gasteiger partial charge < -0.3 is 15.0 Å². The molecule has 2 aromatic carbocycles. The van der Waals surface area contributed by atoms with Gasteiger partial charge >= 0.3 is 6.03 Å². The van der Waals surface area contributed by atoms with Gasteiger partial charge in [0.15, 0.2) is 4.87 Å². The van der Waals surface area contributed by atoms with Crippen LogP contribution < -0.4 is 10.2 Å². The molecule has 2 aliphatic rings. The molecule has 1 N–H and O–H groups in total. The van der Waals surface area contributed by atoms with E-state index in [2.05, 4.69) is 5.32 Å². The second-order valence-electron chi connectivity index (χ2n) is 6.55. The van der Waals surface area contributed by atoms with E-state index in [-0.39, 0.29) is 5.91 Å². The van der Waals surface area contributed by atoms with Gasteiger partial charge in [-0.3, -0.25) is 9.69 Å². The van der Waals surface area contributed by atoms with E-state index < -0.39 is 16.7 Å². The van der Waals surface area contributed by atoms with Gasteiger partial charge in [0.05, 0.1) is 12.3 Å². The van der Waals surface area contributed by atoms with E-state index >= 15 is 0 Å². The molecule has 146 valence electrons. The Bertz CT molecular complexity index is 925. The summed E-state index contributed by atoms with van der Waals surface area (Å²) in [5.74, 6) is 0.0494. The zero-order valence-corrected chi connectivity index (χ0v) is 16.2. The summed E-state index contributed by atoms with van der Waals surface area (Å²) in [6.45, 7) is 1.23. The molecule has 2 aromatic rings. The van der Waals surface area contributed by atoms with Crippen LogP contribution in [0.15, 0.2) is 48.5 Å². The monoisotopic (exact) mass is 401 g/mol. The van der Waals surface area contributed by atoms with E-state index in [0.717, 1.165) is 11.3 Å². The van der Waals surface area contributed by atoms with E-state index in [9.17, 15) is 14.0 Å². The molecular weight excluding hydrogens is 381 g/mol. The van der Waals surface area contributed by atoms with Crippen molar-refractivity contribution >= 4 is 35.1 Å². The normalized spacial score (nSPS) is 20.7. The lowest BCUT2D eigenvalue weighted by Crippen LogP contribution is -2.52. The summed E-state index contributed by atoms with van der Waals surface area (Å²) < 4.78 is 18.6. The minimum Gasteiger partial charge on any atom is -0.383 e. The second-order valence-corrected chi connectivity index (χ2v) is 7.84. The van der Waals surface area contributed by atoms with Crippen molar-refractivity contribution < 1.29 is 18.7 Å². The van der Waals surface area contributed by atoms with E-state index in [1.807, 2.05) is 24.3 Å². The highest BCUT2D eigenvalue weighted by atomic mass is 32.2. The fourth-order valence-electron chi connectivity index (χ4n) is 3.73. The Labute approximate surface area is 166 Å². The van der Waals surface area contributed by atoms with Crippen molar-refractivity contribution in [1.82, 2.24) is 4.90 Å². The molecule has 8 heteroatoms. The number of carbonyl (C=O) groups is 2. The topological polar surface area (TPSA) is 61.9 Å².